The summed E-state index contributed by atoms with van der Waals surface area (Å²) in [6.45, 7) is 1.89. The maximum absolute atomic E-state index is 11.5. The average molecular weight is 280 g/mol. The molecule has 100 valence electrons. The van der Waals surface area contributed by atoms with Gasteiger partial charge in [-0.3, -0.25) is 9.89 Å². The predicted molar refractivity (Wildman–Crippen MR) is 69.4 cm³/mol. The fourth-order valence-corrected chi connectivity index (χ4v) is 2.27. The number of aromatic amines is 1. The highest BCUT2D eigenvalue weighted by molar-refractivity contribution is 7.17. The number of rotatable bonds is 5. The fraction of sp³-hybridized carbons (Fsp3) is 0.273. The number of ether oxygens (including phenoxy) is 1. The van der Waals surface area contributed by atoms with Gasteiger partial charge in [0.15, 0.2) is 16.6 Å². The number of aromatic nitrogens is 3. The lowest BCUT2D eigenvalue weighted by molar-refractivity contribution is 0.0591. The fourth-order valence-electron chi connectivity index (χ4n) is 1.42. The SMILES string of the molecule is COC(=O)c1nc(NCc2cn[nH]c2)sc1C(C)=O. The molecule has 7 nitrogen and oxygen atoms in total. The zero-order valence-corrected chi connectivity index (χ0v) is 11.2. The lowest BCUT2D eigenvalue weighted by Crippen LogP contribution is -2.07. The van der Waals surface area contributed by atoms with Crippen molar-refractivity contribution >= 4 is 28.2 Å². The van der Waals surface area contributed by atoms with Crippen molar-refractivity contribution in [2.24, 2.45) is 0 Å². The number of hydrogen-bond donors (Lipinski definition) is 2. The number of Topliss-reactive ketones (excluding diaryl/α,β-unsaturated/α-hetero) is 1. The molecule has 2 rings (SSSR count). The number of ketones is 1. The molecule has 0 aliphatic carbocycles. The molecule has 0 bridgehead atoms. The molecule has 2 N–H and O–H groups in total. The van der Waals surface area contributed by atoms with Gasteiger partial charge >= 0.3 is 5.97 Å². The molecule has 0 atom stereocenters. The lowest BCUT2D eigenvalue weighted by Gasteiger charge is -1.98. The quantitative estimate of drug-likeness (QED) is 0.636. The summed E-state index contributed by atoms with van der Waals surface area (Å²) < 4.78 is 4.60. The number of nitrogens with zero attached hydrogens (tertiary/aromatic N) is 2. The maximum Gasteiger partial charge on any atom is 0.358 e. The summed E-state index contributed by atoms with van der Waals surface area (Å²) in [7, 11) is 1.25. The van der Waals surface area contributed by atoms with Crippen molar-refractivity contribution in [2.45, 2.75) is 13.5 Å². The number of thiazole rings is 1. The van der Waals surface area contributed by atoms with E-state index >= 15 is 0 Å². The number of hydrogen-bond acceptors (Lipinski definition) is 7. The van der Waals surface area contributed by atoms with Crippen molar-refractivity contribution < 1.29 is 14.3 Å². The molecule has 0 aliphatic rings. The molecular weight excluding hydrogens is 268 g/mol. The van der Waals surface area contributed by atoms with Crippen LogP contribution in [0.5, 0.6) is 0 Å². The first-order valence-corrected chi connectivity index (χ1v) is 6.25. The van der Waals surface area contributed by atoms with Crippen LogP contribution in [0.15, 0.2) is 12.4 Å². The maximum atomic E-state index is 11.5. The van der Waals surface area contributed by atoms with Gasteiger partial charge in [0.2, 0.25) is 0 Å². The van der Waals surface area contributed by atoms with Crippen molar-refractivity contribution in [2.75, 3.05) is 12.4 Å². The summed E-state index contributed by atoms with van der Waals surface area (Å²) >= 11 is 1.13. The Morgan fingerprint density at radius 3 is 2.89 bits per heavy atom. The van der Waals surface area contributed by atoms with Crippen molar-refractivity contribution in [3.63, 3.8) is 0 Å². The zero-order valence-electron chi connectivity index (χ0n) is 10.4. The predicted octanol–water partition coefficient (Wildman–Crippen LogP) is 1.47. The molecule has 0 saturated carbocycles. The van der Waals surface area contributed by atoms with Gasteiger partial charge in [-0.2, -0.15) is 5.10 Å². The number of H-pyrrole nitrogens is 1. The van der Waals surface area contributed by atoms with Crippen LogP contribution in [-0.4, -0.2) is 34.0 Å². The first-order chi connectivity index (χ1) is 9.11. The Kier molecular flexibility index (Phi) is 3.91. The van der Waals surface area contributed by atoms with Gasteiger partial charge in [-0.15, -0.1) is 0 Å². The molecule has 0 fully saturated rings. The Hall–Kier alpha value is -2.22. The summed E-state index contributed by atoms with van der Waals surface area (Å²) in [6.07, 6.45) is 3.42. The molecule has 2 aromatic heterocycles. The minimum absolute atomic E-state index is 0.0506. The van der Waals surface area contributed by atoms with E-state index in [0.717, 1.165) is 16.9 Å². The molecule has 2 heterocycles. The topological polar surface area (TPSA) is 97.0 Å². The standard InChI is InChI=1S/C11H12N4O3S/c1-6(16)9-8(10(17)18-2)15-11(19-9)12-3-7-4-13-14-5-7/h4-5H,3H2,1-2H3,(H,12,15)(H,13,14). The van der Waals surface area contributed by atoms with Crippen LogP contribution in [0.3, 0.4) is 0 Å². The molecule has 0 spiro atoms. The molecular formula is C11H12N4O3S. The third kappa shape index (κ3) is 2.97. The molecule has 0 amide bonds. The van der Waals surface area contributed by atoms with Gasteiger partial charge in [-0.25, -0.2) is 9.78 Å². The lowest BCUT2D eigenvalue weighted by atomic mass is 10.3. The minimum Gasteiger partial charge on any atom is -0.464 e. The van der Waals surface area contributed by atoms with E-state index in [2.05, 4.69) is 25.2 Å². The second kappa shape index (κ2) is 5.61. The average Bonchev–Trinajstić information content (AvgIpc) is 3.04. The van der Waals surface area contributed by atoms with Crippen LogP contribution in [0.25, 0.3) is 0 Å². The molecule has 8 heteroatoms. The summed E-state index contributed by atoms with van der Waals surface area (Å²) in [5.41, 5.74) is 0.994. The van der Waals surface area contributed by atoms with Crippen LogP contribution in [0.1, 0.15) is 32.6 Å². The summed E-state index contributed by atoms with van der Waals surface area (Å²) in [5, 5.41) is 10.0. The smallest absolute Gasteiger partial charge is 0.358 e. The Labute approximate surface area is 113 Å². The van der Waals surface area contributed by atoms with Crippen LogP contribution in [-0.2, 0) is 11.3 Å². The highest BCUT2D eigenvalue weighted by atomic mass is 32.1. The van der Waals surface area contributed by atoms with E-state index in [4.69, 9.17) is 0 Å². The van der Waals surface area contributed by atoms with Gasteiger partial charge in [0.25, 0.3) is 0 Å². The number of esters is 1. The van der Waals surface area contributed by atoms with Crippen molar-refractivity contribution in [3.8, 4) is 0 Å². The first-order valence-electron chi connectivity index (χ1n) is 5.43. The number of carbonyl (C=O) groups is 2. The Morgan fingerprint density at radius 2 is 2.32 bits per heavy atom. The molecule has 2 aromatic rings. The number of nitrogens with one attached hydrogen (secondary N) is 2. The summed E-state index contributed by atoms with van der Waals surface area (Å²) in [4.78, 5) is 27.3. The molecule has 0 unspecified atom stereocenters. The van der Waals surface area contributed by atoms with Crippen LogP contribution in [0, 0.1) is 0 Å². The van der Waals surface area contributed by atoms with Crippen molar-refractivity contribution in [3.05, 3.63) is 28.5 Å². The van der Waals surface area contributed by atoms with Crippen LogP contribution < -0.4 is 5.32 Å². The van der Waals surface area contributed by atoms with E-state index in [1.807, 2.05) is 0 Å². The largest absolute Gasteiger partial charge is 0.464 e. The van der Waals surface area contributed by atoms with E-state index in [-0.39, 0.29) is 11.5 Å². The molecule has 0 aliphatic heterocycles. The van der Waals surface area contributed by atoms with E-state index in [9.17, 15) is 9.59 Å². The van der Waals surface area contributed by atoms with Gasteiger partial charge in [-0.1, -0.05) is 11.3 Å². The Morgan fingerprint density at radius 1 is 1.53 bits per heavy atom. The van der Waals surface area contributed by atoms with E-state index in [1.54, 1.807) is 12.4 Å². The molecule has 19 heavy (non-hydrogen) atoms. The highest BCUT2D eigenvalue weighted by Gasteiger charge is 2.21. The third-order valence-electron chi connectivity index (χ3n) is 2.32. The Balaban J connectivity index is 2.17. The van der Waals surface area contributed by atoms with E-state index in [1.165, 1.54) is 14.0 Å². The number of anilines is 1. The monoisotopic (exact) mass is 280 g/mol. The first kappa shape index (κ1) is 13.2. The van der Waals surface area contributed by atoms with Crippen molar-refractivity contribution in [1.29, 1.82) is 0 Å². The summed E-state index contributed by atoms with van der Waals surface area (Å²) in [6, 6.07) is 0. The van der Waals surface area contributed by atoms with Crippen molar-refractivity contribution in [1.82, 2.24) is 15.2 Å². The third-order valence-corrected chi connectivity index (χ3v) is 3.44. The minimum atomic E-state index is -0.613. The summed E-state index contributed by atoms with van der Waals surface area (Å²) in [5.74, 6) is -0.827. The zero-order chi connectivity index (χ0) is 13.8. The normalized spacial score (nSPS) is 10.2. The van der Waals surface area contributed by atoms with E-state index < -0.39 is 5.97 Å². The van der Waals surface area contributed by atoms with E-state index in [0.29, 0.717) is 16.6 Å². The second-order valence-electron chi connectivity index (χ2n) is 3.70. The highest BCUT2D eigenvalue weighted by Crippen LogP contribution is 2.24. The van der Waals surface area contributed by atoms with Gasteiger partial charge in [-0.05, 0) is 0 Å². The van der Waals surface area contributed by atoms with Gasteiger partial charge < -0.3 is 10.1 Å². The molecule has 0 aromatic carbocycles. The number of carbonyl (C=O) groups excluding carboxylic acids is 2. The van der Waals surface area contributed by atoms with Crippen LogP contribution in [0.2, 0.25) is 0 Å². The second-order valence-corrected chi connectivity index (χ2v) is 4.70. The van der Waals surface area contributed by atoms with Crippen LogP contribution >= 0.6 is 11.3 Å². The molecule has 0 radical (unpaired) electrons. The van der Waals surface area contributed by atoms with Gasteiger partial charge in [0.1, 0.15) is 4.88 Å². The molecule has 0 saturated heterocycles. The van der Waals surface area contributed by atoms with Gasteiger partial charge in [0.05, 0.1) is 13.3 Å². The Bertz CT molecular complexity index is 591. The number of methoxy groups -OCH3 is 1. The van der Waals surface area contributed by atoms with Gasteiger partial charge in [0, 0.05) is 25.2 Å². The van der Waals surface area contributed by atoms with Crippen LogP contribution in [0.4, 0.5) is 5.13 Å².